The van der Waals surface area contributed by atoms with Crippen molar-refractivity contribution in [1.29, 1.82) is 0 Å². The van der Waals surface area contributed by atoms with Crippen molar-refractivity contribution in [1.82, 2.24) is 9.78 Å². The van der Waals surface area contributed by atoms with Gasteiger partial charge in [-0.1, -0.05) is 49.4 Å². The Morgan fingerprint density at radius 3 is 2.70 bits per heavy atom. The highest BCUT2D eigenvalue weighted by Crippen LogP contribution is 2.38. The molecular weight excluding hydrogens is 530 g/mol. The van der Waals surface area contributed by atoms with Gasteiger partial charge in [0.2, 0.25) is 0 Å². The van der Waals surface area contributed by atoms with Crippen LogP contribution < -0.4 is 4.74 Å². The van der Waals surface area contributed by atoms with Gasteiger partial charge in [0.1, 0.15) is 10.3 Å². The predicted octanol–water partition coefficient (Wildman–Crippen LogP) is 7.29. The normalized spacial score (nSPS) is 16.3. The summed E-state index contributed by atoms with van der Waals surface area (Å²) in [7, 11) is 0. The van der Waals surface area contributed by atoms with Crippen LogP contribution >= 0.6 is 22.6 Å². The first-order valence-corrected chi connectivity index (χ1v) is 12.5. The second-order valence-electron chi connectivity index (χ2n) is 8.32. The van der Waals surface area contributed by atoms with Gasteiger partial charge in [-0.05, 0) is 88.7 Å². The predicted molar refractivity (Wildman–Crippen MR) is 137 cm³/mol. The van der Waals surface area contributed by atoms with Crippen molar-refractivity contribution >= 4 is 33.5 Å². The summed E-state index contributed by atoms with van der Waals surface area (Å²) in [6, 6.07) is 19.4. The third-order valence-corrected chi connectivity index (χ3v) is 6.94. The van der Waals surface area contributed by atoms with Gasteiger partial charge in [-0.25, -0.2) is 9.07 Å². The number of benzene rings is 3. The van der Waals surface area contributed by atoms with E-state index in [1.807, 2.05) is 47.1 Å². The second-order valence-corrected chi connectivity index (χ2v) is 9.35. The largest absolute Gasteiger partial charge is 0.486 e. The summed E-state index contributed by atoms with van der Waals surface area (Å²) in [4.78, 5) is 0. The zero-order valence-electron chi connectivity index (χ0n) is 18.6. The van der Waals surface area contributed by atoms with Gasteiger partial charge in [-0.15, -0.1) is 0 Å². The Morgan fingerprint density at radius 1 is 1.09 bits per heavy atom. The summed E-state index contributed by atoms with van der Waals surface area (Å²) in [5.41, 5.74) is 4.95. The van der Waals surface area contributed by atoms with E-state index in [2.05, 4.69) is 41.6 Å². The number of fused-ring (bicyclic) bond motifs is 1. The van der Waals surface area contributed by atoms with Crippen molar-refractivity contribution in [3.05, 3.63) is 81.3 Å². The second kappa shape index (κ2) is 9.81. The minimum absolute atomic E-state index is 0.0452. The number of nitrogens with zero attached hydrogens (tertiary/aromatic N) is 2. The van der Waals surface area contributed by atoms with Gasteiger partial charge >= 0.3 is 0 Å². The summed E-state index contributed by atoms with van der Waals surface area (Å²) in [6.45, 7) is 3.18. The Labute approximate surface area is 206 Å². The summed E-state index contributed by atoms with van der Waals surface area (Å²) in [5, 5.41) is 5.86. The fourth-order valence-corrected chi connectivity index (χ4v) is 5.29. The molecule has 4 aromatic rings. The quantitative estimate of drug-likeness (QED) is 0.234. The Bertz CT molecular complexity index is 1270. The standard InChI is InChI=1S/C27H26FIN2O2/c1-2-19-15-24(33-17-18-9-4-3-5-10-18)22(28)16-21(19)20-11-8-12-23-26(20)27(29)30-31(23)25-13-6-7-14-32-25/h3-5,8-12,15-16,25H,2,6-7,13-14,17H2,1H3. The molecular formula is C27H26FIN2O2. The Balaban J connectivity index is 1.54. The van der Waals surface area contributed by atoms with E-state index in [9.17, 15) is 0 Å². The summed E-state index contributed by atoms with van der Waals surface area (Å²) in [6.07, 6.45) is 3.91. The maximum Gasteiger partial charge on any atom is 0.165 e. The average Bonchev–Trinajstić information content (AvgIpc) is 3.21. The van der Waals surface area contributed by atoms with Gasteiger partial charge in [0.05, 0.1) is 5.52 Å². The first kappa shape index (κ1) is 22.3. The number of aromatic nitrogens is 2. The van der Waals surface area contributed by atoms with E-state index in [1.165, 1.54) is 0 Å². The summed E-state index contributed by atoms with van der Waals surface area (Å²) in [5.74, 6) is -0.0687. The molecule has 1 aliphatic rings. The van der Waals surface area contributed by atoms with Crippen molar-refractivity contribution < 1.29 is 13.9 Å². The molecule has 0 saturated carbocycles. The highest BCUT2D eigenvalue weighted by atomic mass is 127. The third-order valence-electron chi connectivity index (χ3n) is 6.19. The molecule has 0 spiro atoms. The van der Waals surface area contributed by atoms with Crippen molar-refractivity contribution in [2.45, 2.75) is 45.4 Å². The van der Waals surface area contributed by atoms with Crippen molar-refractivity contribution in [3.63, 3.8) is 0 Å². The molecule has 0 N–H and O–H groups in total. The molecule has 1 atom stereocenters. The highest BCUT2D eigenvalue weighted by Gasteiger charge is 2.23. The molecule has 33 heavy (non-hydrogen) atoms. The van der Waals surface area contributed by atoms with Crippen LogP contribution in [0.15, 0.2) is 60.7 Å². The molecule has 170 valence electrons. The van der Waals surface area contributed by atoms with Crippen LogP contribution in [0.3, 0.4) is 0 Å². The zero-order chi connectivity index (χ0) is 22.8. The molecule has 1 unspecified atom stereocenters. The molecule has 1 aliphatic heterocycles. The zero-order valence-corrected chi connectivity index (χ0v) is 20.7. The first-order valence-electron chi connectivity index (χ1n) is 11.4. The van der Waals surface area contributed by atoms with E-state index in [-0.39, 0.29) is 17.8 Å². The van der Waals surface area contributed by atoms with Crippen LogP contribution in [0.4, 0.5) is 4.39 Å². The Morgan fingerprint density at radius 2 is 1.94 bits per heavy atom. The molecule has 4 nitrogen and oxygen atoms in total. The van der Waals surface area contributed by atoms with Crippen LogP contribution in [0.5, 0.6) is 5.75 Å². The van der Waals surface area contributed by atoms with Crippen LogP contribution in [-0.2, 0) is 17.8 Å². The molecule has 6 heteroatoms. The van der Waals surface area contributed by atoms with Crippen molar-refractivity contribution in [2.24, 2.45) is 0 Å². The lowest BCUT2D eigenvalue weighted by molar-refractivity contribution is -0.0368. The molecule has 5 rings (SSSR count). The van der Waals surface area contributed by atoms with Gasteiger partial charge in [0.25, 0.3) is 0 Å². The van der Waals surface area contributed by atoms with E-state index in [1.54, 1.807) is 6.07 Å². The van der Waals surface area contributed by atoms with Gasteiger partial charge in [0.15, 0.2) is 17.8 Å². The van der Waals surface area contributed by atoms with E-state index < -0.39 is 0 Å². The van der Waals surface area contributed by atoms with Crippen LogP contribution in [0.25, 0.3) is 22.0 Å². The lowest BCUT2D eigenvalue weighted by Gasteiger charge is -2.23. The SMILES string of the molecule is CCc1cc(OCc2ccccc2)c(F)cc1-c1cccc2c1c(I)nn2C1CCCCO1. The van der Waals surface area contributed by atoms with Gasteiger partial charge < -0.3 is 9.47 Å². The summed E-state index contributed by atoms with van der Waals surface area (Å²) >= 11 is 2.28. The van der Waals surface area contributed by atoms with E-state index in [4.69, 9.17) is 14.6 Å². The van der Waals surface area contributed by atoms with Gasteiger partial charge in [0, 0.05) is 12.0 Å². The van der Waals surface area contributed by atoms with Crippen LogP contribution in [0.2, 0.25) is 0 Å². The molecule has 3 aromatic carbocycles. The lowest BCUT2D eigenvalue weighted by Crippen LogP contribution is -2.19. The molecule has 1 aromatic heterocycles. The lowest BCUT2D eigenvalue weighted by atomic mass is 9.95. The molecule has 0 radical (unpaired) electrons. The fourth-order valence-electron chi connectivity index (χ4n) is 4.49. The maximum absolute atomic E-state index is 15.2. The Hall–Kier alpha value is -2.45. The van der Waals surface area contributed by atoms with Gasteiger partial charge in [-0.3, -0.25) is 0 Å². The highest BCUT2D eigenvalue weighted by molar-refractivity contribution is 14.1. The topological polar surface area (TPSA) is 36.3 Å². The average molecular weight is 556 g/mol. The molecule has 1 saturated heterocycles. The van der Waals surface area contributed by atoms with E-state index in [0.717, 1.165) is 69.1 Å². The first-order chi connectivity index (χ1) is 16.2. The van der Waals surface area contributed by atoms with Gasteiger partial charge in [-0.2, -0.15) is 5.10 Å². The minimum Gasteiger partial charge on any atom is -0.486 e. The van der Waals surface area contributed by atoms with E-state index >= 15 is 4.39 Å². The number of aryl methyl sites for hydroxylation is 1. The molecule has 0 amide bonds. The van der Waals surface area contributed by atoms with Crippen LogP contribution in [0.1, 0.15) is 43.5 Å². The number of ether oxygens (including phenoxy) is 2. The smallest absolute Gasteiger partial charge is 0.165 e. The monoisotopic (exact) mass is 556 g/mol. The maximum atomic E-state index is 15.2. The molecule has 1 fully saturated rings. The minimum atomic E-state index is -0.354. The number of hydrogen-bond donors (Lipinski definition) is 0. The summed E-state index contributed by atoms with van der Waals surface area (Å²) < 4.78 is 29.9. The Kier molecular flexibility index (Phi) is 6.64. The fraction of sp³-hybridized carbons (Fsp3) is 0.296. The number of rotatable bonds is 6. The van der Waals surface area contributed by atoms with Crippen LogP contribution in [-0.4, -0.2) is 16.4 Å². The molecule has 2 heterocycles. The van der Waals surface area contributed by atoms with E-state index in [0.29, 0.717) is 6.61 Å². The number of hydrogen-bond acceptors (Lipinski definition) is 3. The number of halogens is 2. The molecule has 0 aliphatic carbocycles. The van der Waals surface area contributed by atoms with Crippen molar-refractivity contribution in [3.8, 4) is 16.9 Å². The third kappa shape index (κ3) is 4.51. The van der Waals surface area contributed by atoms with Crippen molar-refractivity contribution in [2.75, 3.05) is 6.61 Å². The van der Waals surface area contributed by atoms with Crippen LogP contribution in [0, 0.1) is 9.52 Å². The molecule has 0 bridgehead atoms.